The van der Waals surface area contributed by atoms with Crippen LogP contribution in [0.15, 0.2) is 6.07 Å². The van der Waals surface area contributed by atoms with Gasteiger partial charge in [0.15, 0.2) is 0 Å². The first kappa shape index (κ1) is 9.84. The molecular formula is C11H17N5. The predicted molar refractivity (Wildman–Crippen MR) is 63.1 cm³/mol. The Bertz CT molecular complexity index is 395. The molecule has 1 aliphatic heterocycles. The first-order chi connectivity index (χ1) is 7.70. The zero-order chi connectivity index (χ0) is 11.1. The van der Waals surface area contributed by atoms with Crippen LogP contribution in [0.3, 0.4) is 0 Å². The van der Waals surface area contributed by atoms with E-state index in [2.05, 4.69) is 20.9 Å². The van der Waals surface area contributed by atoms with Crippen molar-refractivity contribution in [1.82, 2.24) is 9.97 Å². The van der Waals surface area contributed by atoms with E-state index in [9.17, 15) is 0 Å². The van der Waals surface area contributed by atoms with Gasteiger partial charge >= 0.3 is 0 Å². The Kier molecular flexibility index (Phi) is 2.21. The Labute approximate surface area is 94.9 Å². The van der Waals surface area contributed by atoms with Crippen LogP contribution in [-0.2, 0) is 6.42 Å². The van der Waals surface area contributed by atoms with Gasteiger partial charge in [-0.2, -0.15) is 4.98 Å². The maximum atomic E-state index is 5.76. The van der Waals surface area contributed by atoms with Gasteiger partial charge < -0.3 is 16.4 Å². The maximum Gasteiger partial charge on any atom is 0.222 e. The molecule has 0 amide bonds. The van der Waals surface area contributed by atoms with Crippen molar-refractivity contribution in [2.45, 2.75) is 25.3 Å². The van der Waals surface area contributed by atoms with Gasteiger partial charge in [0.1, 0.15) is 5.82 Å². The highest BCUT2D eigenvalue weighted by atomic mass is 15.3. The summed E-state index contributed by atoms with van der Waals surface area (Å²) in [4.78, 5) is 10.7. The standard InChI is InChI=1S/C11H17N5/c12-8-5-16(6-8)10-4-9(3-7-1-2-7)14-11(13)15-10/h4,7-8H,1-3,5-6,12H2,(H2,13,14,15). The third kappa shape index (κ3) is 1.95. The first-order valence-electron chi connectivity index (χ1n) is 5.84. The summed E-state index contributed by atoms with van der Waals surface area (Å²) in [5, 5.41) is 0. The zero-order valence-corrected chi connectivity index (χ0v) is 9.26. The fraction of sp³-hybridized carbons (Fsp3) is 0.636. The average molecular weight is 219 g/mol. The summed E-state index contributed by atoms with van der Waals surface area (Å²) in [6.45, 7) is 1.75. The molecule has 5 nitrogen and oxygen atoms in total. The first-order valence-corrected chi connectivity index (χ1v) is 5.84. The second kappa shape index (κ2) is 3.59. The predicted octanol–water partition coefficient (Wildman–Crippen LogP) is 0.159. The Morgan fingerprint density at radius 1 is 1.31 bits per heavy atom. The number of nitrogens with two attached hydrogens (primary N) is 2. The topological polar surface area (TPSA) is 81.1 Å². The van der Waals surface area contributed by atoms with Gasteiger partial charge in [0.25, 0.3) is 0 Å². The molecule has 2 fully saturated rings. The SMILES string of the molecule is Nc1nc(CC2CC2)cc(N2CC(N)C2)n1. The molecule has 0 bridgehead atoms. The molecule has 4 N–H and O–H groups in total. The van der Waals surface area contributed by atoms with E-state index in [1.165, 1.54) is 12.8 Å². The van der Waals surface area contributed by atoms with Crippen LogP contribution in [0.25, 0.3) is 0 Å². The van der Waals surface area contributed by atoms with Gasteiger partial charge in [0.05, 0.1) is 0 Å². The fourth-order valence-electron chi connectivity index (χ4n) is 2.09. The number of nitrogen functional groups attached to an aromatic ring is 1. The van der Waals surface area contributed by atoms with Crippen LogP contribution in [0, 0.1) is 5.92 Å². The minimum absolute atomic E-state index is 0.281. The van der Waals surface area contributed by atoms with E-state index in [0.29, 0.717) is 5.95 Å². The molecule has 1 saturated carbocycles. The third-order valence-corrected chi connectivity index (χ3v) is 3.21. The van der Waals surface area contributed by atoms with E-state index < -0.39 is 0 Å². The minimum Gasteiger partial charge on any atom is -0.368 e. The lowest BCUT2D eigenvalue weighted by atomic mass is 10.1. The van der Waals surface area contributed by atoms with E-state index in [1.54, 1.807) is 0 Å². The summed E-state index contributed by atoms with van der Waals surface area (Å²) in [5.41, 5.74) is 12.6. The van der Waals surface area contributed by atoms with Crippen LogP contribution < -0.4 is 16.4 Å². The highest BCUT2D eigenvalue weighted by molar-refractivity contribution is 5.46. The number of nitrogens with zero attached hydrogens (tertiary/aromatic N) is 3. The van der Waals surface area contributed by atoms with Gasteiger partial charge in [0.2, 0.25) is 5.95 Å². The van der Waals surface area contributed by atoms with Crippen LogP contribution in [0.2, 0.25) is 0 Å². The molecule has 0 atom stereocenters. The molecule has 0 aromatic carbocycles. The van der Waals surface area contributed by atoms with Crippen molar-refractivity contribution in [2.24, 2.45) is 11.7 Å². The van der Waals surface area contributed by atoms with E-state index in [4.69, 9.17) is 11.5 Å². The van der Waals surface area contributed by atoms with E-state index >= 15 is 0 Å². The number of hydrogen-bond acceptors (Lipinski definition) is 5. The smallest absolute Gasteiger partial charge is 0.222 e. The second-order valence-electron chi connectivity index (χ2n) is 4.89. The summed E-state index contributed by atoms with van der Waals surface area (Å²) in [5.74, 6) is 2.14. The molecule has 1 saturated heterocycles. The Hall–Kier alpha value is -1.36. The van der Waals surface area contributed by atoms with Crippen molar-refractivity contribution in [3.8, 4) is 0 Å². The third-order valence-electron chi connectivity index (χ3n) is 3.21. The lowest BCUT2D eigenvalue weighted by Gasteiger charge is -2.37. The van der Waals surface area contributed by atoms with Gasteiger partial charge in [-0.3, -0.25) is 0 Å². The number of aromatic nitrogens is 2. The summed E-state index contributed by atoms with van der Waals surface area (Å²) >= 11 is 0. The lowest BCUT2D eigenvalue weighted by molar-refractivity contribution is 0.514. The Morgan fingerprint density at radius 3 is 2.69 bits per heavy atom. The van der Waals surface area contributed by atoms with Crippen LogP contribution in [0.5, 0.6) is 0 Å². The molecule has 0 spiro atoms. The summed E-state index contributed by atoms with van der Waals surface area (Å²) in [6, 6.07) is 2.34. The van der Waals surface area contributed by atoms with E-state index in [0.717, 1.165) is 36.9 Å². The summed E-state index contributed by atoms with van der Waals surface area (Å²) in [7, 11) is 0. The van der Waals surface area contributed by atoms with Crippen molar-refractivity contribution in [3.63, 3.8) is 0 Å². The minimum atomic E-state index is 0.281. The molecule has 2 aliphatic rings. The fourth-order valence-corrected chi connectivity index (χ4v) is 2.09. The monoisotopic (exact) mass is 219 g/mol. The summed E-state index contributed by atoms with van der Waals surface area (Å²) in [6.07, 6.45) is 3.70. The average Bonchev–Trinajstić information content (AvgIpc) is 2.96. The van der Waals surface area contributed by atoms with Crippen molar-refractivity contribution < 1.29 is 0 Å². The molecule has 16 heavy (non-hydrogen) atoms. The molecule has 3 rings (SSSR count). The molecule has 5 heteroatoms. The van der Waals surface area contributed by atoms with Gasteiger partial charge in [-0.25, -0.2) is 4.98 Å². The number of rotatable bonds is 3. The highest BCUT2D eigenvalue weighted by Crippen LogP contribution is 2.33. The number of anilines is 2. The van der Waals surface area contributed by atoms with E-state index in [1.807, 2.05) is 0 Å². The molecule has 2 heterocycles. The van der Waals surface area contributed by atoms with E-state index in [-0.39, 0.29) is 6.04 Å². The van der Waals surface area contributed by atoms with Crippen molar-refractivity contribution >= 4 is 11.8 Å². The molecule has 0 radical (unpaired) electrons. The number of hydrogen-bond donors (Lipinski definition) is 2. The van der Waals surface area contributed by atoms with Gasteiger partial charge in [-0.15, -0.1) is 0 Å². The second-order valence-corrected chi connectivity index (χ2v) is 4.89. The van der Waals surface area contributed by atoms with Gasteiger partial charge in [-0.05, 0) is 25.2 Å². The Balaban J connectivity index is 1.78. The summed E-state index contributed by atoms with van der Waals surface area (Å²) < 4.78 is 0. The highest BCUT2D eigenvalue weighted by Gasteiger charge is 2.26. The van der Waals surface area contributed by atoms with Crippen molar-refractivity contribution in [2.75, 3.05) is 23.7 Å². The lowest BCUT2D eigenvalue weighted by Crippen LogP contribution is -2.56. The Morgan fingerprint density at radius 2 is 2.06 bits per heavy atom. The van der Waals surface area contributed by atoms with Crippen molar-refractivity contribution in [3.05, 3.63) is 11.8 Å². The van der Waals surface area contributed by atoms with Gasteiger partial charge in [0, 0.05) is 30.9 Å². The van der Waals surface area contributed by atoms with Crippen LogP contribution in [0.4, 0.5) is 11.8 Å². The maximum absolute atomic E-state index is 5.76. The largest absolute Gasteiger partial charge is 0.368 e. The van der Waals surface area contributed by atoms with Gasteiger partial charge in [-0.1, -0.05) is 0 Å². The van der Waals surface area contributed by atoms with Crippen molar-refractivity contribution in [1.29, 1.82) is 0 Å². The normalized spacial score (nSPS) is 20.9. The zero-order valence-electron chi connectivity index (χ0n) is 9.26. The quantitative estimate of drug-likeness (QED) is 0.756. The molecule has 1 aromatic heterocycles. The molecule has 0 unspecified atom stereocenters. The van der Waals surface area contributed by atoms with Crippen LogP contribution >= 0.6 is 0 Å². The molecule has 86 valence electrons. The van der Waals surface area contributed by atoms with Crippen LogP contribution in [-0.4, -0.2) is 29.1 Å². The van der Waals surface area contributed by atoms with Crippen LogP contribution in [0.1, 0.15) is 18.5 Å². The molecule has 1 aromatic rings. The molecular weight excluding hydrogens is 202 g/mol. The molecule has 1 aliphatic carbocycles.